The molecule has 100 valence electrons. The first-order chi connectivity index (χ1) is 8.53. The second-order valence-electron chi connectivity index (χ2n) is 4.77. The summed E-state index contributed by atoms with van der Waals surface area (Å²) < 4.78 is 27.1. The van der Waals surface area contributed by atoms with Gasteiger partial charge in [0.25, 0.3) is 0 Å². The van der Waals surface area contributed by atoms with Crippen molar-refractivity contribution in [2.24, 2.45) is 5.92 Å². The molecule has 0 amide bonds. The van der Waals surface area contributed by atoms with E-state index in [2.05, 4.69) is 21.9 Å². The standard InChI is InChI=1S/C12H19N3O2S/c1-9-4-3-5-11(9)15-18(16,17)10-6-7-12(13-2)14-8-10/h6-9,11,15H,3-5H2,1-2H3,(H,13,14). The number of pyridine rings is 1. The van der Waals surface area contributed by atoms with E-state index in [9.17, 15) is 8.42 Å². The predicted octanol–water partition coefficient (Wildman–Crippen LogP) is 1.59. The van der Waals surface area contributed by atoms with Crippen LogP contribution in [0.15, 0.2) is 23.2 Å². The highest BCUT2D eigenvalue weighted by molar-refractivity contribution is 7.89. The van der Waals surface area contributed by atoms with Crippen molar-refractivity contribution in [2.75, 3.05) is 12.4 Å². The van der Waals surface area contributed by atoms with Gasteiger partial charge < -0.3 is 5.32 Å². The van der Waals surface area contributed by atoms with E-state index in [1.807, 2.05) is 0 Å². The highest BCUT2D eigenvalue weighted by Crippen LogP contribution is 2.26. The number of sulfonamides is 1. The van der Waals surface area contributed by atoms with Gasteiger partial charge in [0.15, 0.2) is 0 Å². The maximum atomic E-state index is 12.2. The molecule has 2 rings (SSSR count). The van der Waals surface area contributed by atoms with Crippen molar-refractivity contribution in [3.8, 4) is 0 Å². The summed E-state index contributed by atoms with van der Waals surface area (Å²) in [6, 6.07) is 3.28. The van der Waals surface area contributed by atoms with Crippen LogP contribution in [0.4, 0.5) is 5.82 Å². The molecule has 1 aliphatic rings. The number of hydrogen-bond donors (Lipinski definition) is 2. The molecule has 2 atom stereocenters. The van der Waals surface area contributed by atoms with Gasteiger partial charge >= 0.3 is 0 Å². The van der Waals surface area contributed by atoms with Crippen molar-refractivity contribution in [3.05, 3.63) is 18.3 Å². The highest BCUT2D eigenvalue weighted by Gasteiger charge is 2.28. The average molecular weight is 269 g/mol. The molecule has 1 heterocycles. The second-order valence-corrected chi connectivity index (χ2v) is 6.48. The zero-order valence-corrected chi connectivity index (χ0v) is 11.5. The summed E-state index contributed by atoms with van der Waals surface area (Å²) in [5, 5.41) is 2.86. The summed E-state index contributed by atoms with van der Waals surface area (Å²) in [7, 11) is -1.70. The van der Waals surface area contributed by atoms with Gasteiger partial charge in [0.1, 0.15) is 10.7 Å². The van der Waals surface area contributed by atoms with E-state index in [-0.39, 0.29) is 10.9 Å². The van der Waals surface area contributed by atoms with Crippen molar-refractivity contribution >= 4 is 15.8 Å². The molecule has 1 aromatic rings. The molecule has 1 saturated carbocycles. The lowest BCUT2D eigenvalue weighted by molar-refractivity contribution is 0.476. The molecule has 0 bridgehead atoms. The Morgan fingerprint density at radius 3 is 2.61 bits per heavy atom. The molecule has 1 aromatic heterocycles. The third kappa shape index (κ3) is 2.81. The van der Waals surface area contributed by atoms with Gasteiger partial charge in [-0.05, 0) is 30.9 Å². The minimum atomic E-state index is -3.44. The minimum absolute atomic E-state index is 0.0546. The van der Waals surface area contributed by atoms with Gasteiger partial charge in [-0.25, -0.2) is 18.1 Å². The Labute approximate surface area is 108 Å². The van der Waals surface area contributed by atoms with Crippen LogP contribution in [0.3, 0.4) is 0 Å². The fraction of sp³-hybridized carbons (Fsp3) is 0.583. The van der Waals surface area contributed by atoms with Crippen molar-refractivity contribution in [2.45, 2.75) is 37.1 Å². The molecule has 18 heavy (non-hydrogen) atoms. The first kappa shape index (κ1) is 13.3. The molecule has 1 fully saturated rings. The second kappa shape index (κ2) is 5.24. The molecule has 5 nitrogen and oxygen atoms in total. The Morgan fingerprint density at radius 1 is 1.33 bits per heavy atom. The molecule has 1 aliphatic carbocycles. The summed E-state index contributed by atoms with van der Waals surface area (Å²) in [4.78, 5) is 4.25. The largest absolute Gasteiger partial charge is 0.373 e. The van der Waals surface area contributed by atoms with Gasteiger partial charge in [0.2, 0.25) is 10.0 Å². The van der Waals surface area contributed by atoms with Crippen LogP contribution in [0.5, 0.6) is 0 Å². The maximum absolute atomic E-state index is 12.2. The number of anilines is 1. The lowest BCUT2D eigenvalue weighted by Gasteiger charge is -2.17. The van der Waals surface area contributed by atoms with Gasteiger partial charge in [-0.1, -0.05) is 13.3 Å². The molecule has 0 aliphatic heterocycles. The monoisotopic (exact) mass is 269 g/mol. The molecule has 2 unspecified atom stereocenters. The van der Waals surface area contributed by atoms with Crippen LogP contribution < -0.4 is 10.0 Å². The predicted molar refractivity (Wildman–Crippen MR) is 70.9 cm³/mol. The van der Waals surface area contributed by atoms with E-state index in [1.165, 1.54) is 6.20 Å². The minimum Gasteiger partial charge on any atom is -0.373 e. The Morgan fingerprint density at radius 2 is 2.11 bits per heavy atom. The lowest BCUT2D eigenvalue weighted by atomic mass is 10.1. The van der Waals surface area contributed by atoms with Crippen molar-refractivity contribution < 1.29 is 8.42 Å². The van der Waals surface area contributed by atoms with Crippen molar-refractivity contribution in [1.82, 2.24) is 9.71 Å². The van der Waals surface area contributed by atoms with Crippen LogP contribution in [0.1, 0.15) is 26.2 Å². The molecule has 2 N–H and O–H groups in total. The quantitative estimate of drug-likeness (QED) is 0.870. The molecular weight excluding hydrogens is 250 g/mol. The number of nitrogens with one attached hydrogen (secondary N) is 2. The first-order valence-corrected chi connectivity index (χ1v) is 7.67. The van der Waals surface area contributed by atoms with Crippen LogP contribution in [-0.4, -0.2) is 26.5 Å². The SMILES string of the molecule is CNc1ccc(S(=O)(=O)NC2CCCC2C)cn1. The van der Waals surface area contributed by atoms with Gasteiger partial charge in [-0.15, -0.1) is 0 Å². The van der Waals surface area contributed by atoms with E-state index in [0.29, 0.717) is 11.7 Å². The number of nitrogens with zero attached hydrogens (tertiary/aromatic N) is 1. The van der Waals surface area contributed by atoms with E-state index in [4.69, 9.17) is 0 Å². The number of aromatic nitrogens is 1. The zero-order chi connectivity index (χ0) is 13.2. The third-order valence-corrected chi connectivity index (χ3v) is 4.95. The van der Waals surface area contributed by atoms with E-state index in [1.54, 1.807) is 19.2 Å². The lowest BCUT2D eigenvalue weighted by Crippen LogP contribution is -2.36. The van der Waals surface area contributed by atoms with Crippen molar-refractivity contribution in [1.29, 1.82) is 0 Å². The molecule has 0 spiro atoms. The Hall–Kier alpha value is -1.14. The summed E-state index contributed by atoms with van der Waals surface area (Å²) in [6.45, 7) is 2.09. The molecule has 6 heteroatoms. The van der Waals surface area contributed by atoms with Gasteiger partial charge in [-0.2, -0.15) is 0 Å². The van der Waals surface area contributed by atoms with E-state index < -0.39 is 10.0 Å². The number of rotatable bonds is 4. The Balaban J connectivity index is 2.14. The maximum Gasteiger partial charge on any atom is 0.242 e. The third-order valence-electron chi connectivity index (χ3n) is 3.47. The zero-order valence-electron chi connectivity index (χ0n) is 10.7. The Kier molecular flexibility index (Phi) is 3.87. The van der Waals surface area contributed by atoms with Crippen LogP contribution in [-0.2, 0) is 10.0 Å². The van der Waals surface area contributed by atoms with Crippen LogP contribution in [0.25, 0.3) is 0 Å². The molecule has 0 saturated heterocycles. The summed E-state index contributed by atoms with van der Waals surface area (Å²) >= 11 is 0. The van der Waals surface area contributed by atoms with Gasteiger partial charge in [0.05, 0.1) is 0 Å². The van der Waals surface area contributed by atoms with Gasteiger partial charge in [-0.3, -0.25) is 0 Å². The first-order valence-electron chi connectivity index (χ1n) is 6.19. The number of hydrogen-bond acceptors (Lipinski definition) is 4. The summed E-state index contributed by atoms with van der Waals surface area (Å²) in [5.41, 5.74) is 0. The summed E-state index contributed by atoms with van der Waals surface area (Å²) in [5.74, 6) is 1.06. The van der Waals surface area contributed by atoms with E-state index in [0.717, 1.165) is 19.3 Å². The van der Waals surface area contributed by atoms with E-state index >= 15 is 0 Å². The smallest absolute Gasteiger partial charge is 0.242 e. The van der Waals surface area contributed by atoms with Crippen LogP contribution in [0, 0.1) is 5.92 Å². The average Bonchev–Trinajstić information content (AvgIpc) is 2.74. The van der Waals surface area contributed by atoms with Gasteiger partial charge in [0, 0.05) is 19.3 Å². The molecular formula is C12H19N3O2S. The fourth-order valence-electron chi connectivity index (χ4n) is 2.27. The van der Waals surface area contributed by atoms with Crippen LogP contribution >= 0.6 is 0 Å². The molecule has 0 aromatic carbocycles. The highest BCUT2D eigenvalue weighted by atomic mass is 32.2. The normalized spacial score (nSPS) is 24.1. The summed E-state index contributed by atoms with van der Waals surface area (Å²) in [6.07, 6.45) is 4.48. The fourth-order valence-corrected chi connectivity index (χ4v) is 3.60. The topological polar surface area (TPSA) is 71.1 Å². The Bertz CT molecular complexity index is 499. The van der Waals surface area contributed by atoms with Crippen LogP contribution in [0.2, 0.25) is 0 Å². The van der Waals surface area contributed by atoms with Crippen molar-refractivity contribution in [3.63, 3.8) is 0 Å². The molecule has 0 radical (unpaired) electrons.